The summed E-state index contributed by atoms with van der Waals surface area (Å²) in [7, 11) is 1.34. The first-order valence-corrected chi connectivity index (χ1v) is 8.49. The maximum absolute atomic E-state index is 11.9. The van der Waals surface area contributed by atoms with Gasteiger partial charge in [-0.25, -0.2) is 9.59 Å². The Bertz CT molecular complexity index is 488. The van der Waals surface area contributed by atoms with E-state index in [2.05, 4.69) is 5.32 Å². The van der Waals surface area contributed by atoms with Crippen LogP contribution in [0.3, 0.4) is 0 Å². The molecule has 0 spiro atoms. The normalized spacial score (nSPS) is 16.6. The Labute approximate surface area is 134 Å². The van der Waals surface area contributed by atoms with Gasteiger partial charge in [-0.3, -0.25) is 0 Å². The molecule has 0 bridgehead atoms. The smallest absolute Gasteiger partial charge is 0.408 e. The second kappa shape index (κ2) is 8.68. The van der Waals surface area contributed by atoms with E-state index in [0.717, 1.165) is 29.9 Å². The molecule has 1 heterocycles. The topological polar surface area (TPSA) is 64.6 Å². The van der Waals surface area contributed by atoms with E-state index in [4.69, 9.17) is 9.47 Å². The molecule has 1 saturated heterocycles. The standard InChI is InChI=1S/C16H21NO4S/c1-20-15(18)14(13-7-9-22-10-8-13)17-16(19)21-11-12-5-3-2-4-6-12/h2-6,13-14H,7-11H2,1H3,(H,17,19). The van der Waals surface area contributed by atoms with Crippen LogP contribution in [0.1, 0.15) is 18.4 Å². The summed E-state index contributed by atoms with van der Waals surface area (Å²) in [6.07, 6.45) is 1.20. The number of nitrogens with one attached hydrogen (secondary N) is 1. The summed E-state index contributed by atoms with van der Waals surface area (Å²) in [5.74, 6) is 1.70. The minimum absolute atomic E-state index is 0.109. The van der Waals surface area contributed by atoms with Crippen molar-refractivity contribution in [2.75, 3.05) is 18.6 Å². The van der Waals surface area contributed by atoms with Gasteiger partial charge in [-0.05, 0) is 35.8 Å². The third-order valence-electron chi connectivity index (χ3n) is 3.68. The number of hydrogen-bond acceptors (Lipinski definition) is 5. The highest BCUT2D eigenvalue weighted by Crippen LogP contribution is 2.26. The lowest BCUT2D eigenvalue weighted by Gasteiger charge is -2.28. The van der Waals surface area contributed by atoms with Gasteiger partial charge in [0.25, 0.3) is 0 Å². The highest BCUT2D eigenvalue weighted by Gasteiger charge is 2.32. The fourth-order valence-corrected chi connectivity index (χ4v) is 3.58. The Morgan fingerprint density at radius 1 is 1.27 bits per heavy atom. The van der Waals surface area contributed by atoms with E-state index in [0.29, 0.717) is 0 Å². The molecule has 1 aromatic rings. The number of carbonyl (C=O) groups is 2. The number of benzene rings is 1. The highest BCUT2D eigenvalue weighted by atomic mass is 32.2. The molecule has 0 aromatic heterocycles. The molecule has 0 saturated carbocycles. The number of alkyl carbamates (subject to hydrolysis) is 1. The summed E-state index contributed by atoms with van der Waals surface area (Å²) in [6.45, 7) is 0.182. The molecule has 1 amide bonds. The first-order chi connectivity index (χ1) is 10.7. The van der Waals surface area contributed by atoms with Crippen molar-refractivity contribution in [3.63, 3.8) is 0 Å². The lowest BCUT2D eigenvalue weighted by atomic mass is 9.94. The van der Waals surface area contributed by atoms with Gasteiger partial charge in [0.15, 0.2) is 0 Å². The Morgan fingerprint density at radius 3 is 2.59 bits per heavy atom. The summed E-state index contributed by atoms with van der Waals surface area (Å²) in [4.78, 5) is 23.9. The number of hydrogen-bond donors (Lipinski definition) is 1. The first-order valence-electron chi connectivity index (χ1n) is 7.33. The number of ether oxygens (including phenoxy) is 2. The molecule has 120 valence electrons. The van der Waals surface area contributed by atoms with Crippen molar-refractivity contribution in [2.45, 2.75) is 25.5 Å². The maximum atomic E-state index is 11.9. The second-order valence-electron chi connectivity index (χ2n) is 5.16. The monoisotopic (exact) mass is 323 g/mol. The molecule has 1 aromatic carbocycles. The summed E-state index contributed by atoms with van der Waals surface area (Å²) in [5, 5.41) is 2.66. The zero-order valence-corrected chi connectivity index (χ0v) is 13.4. The van der Waals surface area contributed by atoms with E-state index in [-0.39, 0.29) is 12.5 Å². The molecule has 0 aliphatic carbocycles. The van der Waals surface area contributed by atoms with E-state index < -0.39 is 18.1 Å². The van der Waals surface area contributed by atoms with E-state index in [1.54, 1.807) is 0 Å². The zero-order chi connectivity index (χ0) is 15.8. The summed E-state index contributed by atoms with van der Waals surface area (Å²) >= 11 is 1.87. The third kappa shape index (κ3) is 4.94. The van der Waals surface area contributed by atoms with Gasteiger partial charge in [-0.1, -0.05) is 30.3 Å². The van der Waals surface area contributed by atoms with Gasteiger partial charge in [0.1, 0.15) is 12.6 Å². The van der Waals surface area contributed by atoms with Crippen molar-refractivity contribution in [1.29, 1.82) is 0 Å². The molecule has 6 heteroatoms. The SMILES string of the molecule is COC(=O)C(NC(=O)OCc1ccccc1)C1CCSCC1. The largest absolute Gasteiger partial charge is 0.467 e. The number of carbonyl (C=O) groups excluding carboxylic acids is 2. The minimum Gasteiger partial charge on any atom is -0.467 e. The van der Waals surface area contributed by atoms with Gasteiger partial charge >= 0.3 is 12.1 Å². The minimum atomic E-state index is -0.630. The van der Waals surface area contributed by atoms with Crippen molar-refractivity contribution < 1.29 is 19.1 Å². The molecule has 1 unspecified atom stereocenters. The van der Waals surface area contributed by atoms with Gasteiger partial charge in [0.2, 0.25) is 0 Å². The first kappa shape index (κ1) is 16.7. The number of thioether (sulfide) groups is 1. The van der Waals surface area contributed by atoms with Crippen LogP contribution < -0.4 is 5.32 Å². The average Bonchev–Trinajstić information content (AvgIpc) is 2.59. The molecular weight excluding hydrogens is 302 g/mol. The number of amides is 1. The van der Waals surface area contributed by atoms with Gasteiger partial charge in [-0.15, -0.1) is 0 Å². The molecule has 1 N–H and O–H groups in total. The van der Waals surface area contributed by atoms with Crippen LogP contribution in [0.25, 0.3) is 0 Å². The Hall–Kier alpha value is -1.69. The van der Waals surface area contributed by atoms with Gasteiger partial charge in [-0.2, -0.15) is 11.8 Å². The van der Waals surface area contributed by atoms with Crippen molar-refractivity contribution in [3.8, 4) is 0 Å². The third-order valence-corrected chi connectivity index (χ3v) is 4.73. The summed E-state index contributed by atoms with van der Waals surface area (Å²) in [6, 6.07) is 8.79. The van der Waals surface area contributed by atoms with Crippen molar-refractivity contribution in [3.05, 3.63) is 35.9 Å². The van der Waals surface area contributed by atoms with Crippen LogP contribution in [0.2, 0.25) is 0 Å². The Morgan fingerprint density at radius 2 is 1.95 bits per heavy atom. The van der Waals surface area contributed by atoms with Crippen molar-refractivity contribution >= 4 is 23.8 Å². The van der Waals surface area contributed by atoms with Crippen LogP contribution in [-0.4, -0.2) is 36.7 Å². The van der Waals surface area contributed by atoms with Gasteiger partial charge in [0.05, 0.1) is 7.11 Å². The number of esters is 1. The molecule has 2 rings (SSSR count). The van der Waals surface area contributed by atoms with E-state index >= 15 is 0 Å². The average molecular weight is 323 g/mol. The lowest BCUT2D eigenvalue weighted by molar-refractivity contribution is -0.144. The molecule has 1 fully saturated rings. The van der Waals surface area contributed by atoms with Crippen LogP contribution >= 0.6 is 11.8 Å². The highest BCUT2D eigenvalue weighted by molar-refractivity contribution is 7.99. The molecule has 22 heavy (non-hydrogen) atoms. The van der Waals surface area contributed by atoms with Crippen molar-refractivity contribution in [2.24, 2.45) is 5.92 Å². The van der Waals surface area contributed by atoms with E-state index in [1.165, 1.54) is 7.11 Å². The molecular formula is C16H21NO4S. The predicted octanol–water partition coefficient (Wildman–Crippen LogP) is 2.60. The molecule has 5 nitrogen and oxygen atoms in total. The van der Waals surface area contributed by atoms with Crippen LogP contribution in [0, 0.1) is 5.92 Å². The summed E-state index contributed by atoms with van der Waals surface area (Å²) < 4.78 is 9.99. The Balaban J connectivity index is 1.88. The van der Waals surface area contributed by atoms with Crippen LogP contribution in [0.5, 0.6) is 0 Å². The fraction of sp³-hybridized carbons (Fsp3) is 0.500. The summed E-state index contributed by atoms with van der Waals surface area (Å²) in [5.41, 5.74) is 0.904. The quantitative estimate of drug-likeness (QED) is 0.844. The molecule has 1 atom stereocenters. The second-order valence-corrected chi connectivity index (χ2v) is 6.38. The van der Waals surface area contributed by atoms with Gasteiger partial charge in [0, 0.05) is 0 Å². The number of methoxy groups -OCH3 is 1. The zero-order valence-electron chi connectivity index (χ0n) is 12.6. The van der Waals surface area contributed by atoms with Crippen LogP contribution in [-0.2, 0) is 20.9 Å². The molecule has 0 radical (unpaired) electrons. The number of rotatable bonds is 5. The predicted molar refractivity (Wildman–Crippen MR) is 85.6 cm³/mol. The van der Waals surface area contributed by atoms with Crippen molar-refractivity contribution in [1.82, 2.24) is 5.32 Å². The van der Waals surface area contributed by atoms with Crippen LogP contribution in [0.15, 0.2) is 30.3 Å². The fourth-order valence-electron chi connectivity index (χ4n) is 2.44. The van der Waals surface area contributed by atoms with Gasteiger partial charge < -0.3 is 14.8 Å². The maximum Gasteiger partial charge on any atom is 0.408 e. The molecule has 1 aliphatic rings. The molecule has 1 aliphatic heterocycles. The van der Waals surface area contributed by atoms with Crippen LogP contribution in [0.4, 0.5) is 4.79 Å². The Kier molecular flexibility index (Phi) is 6.58. The lowest BCUT2D eigenvalue weighted by Crippen LogP contribution is -2.47. The van der Waals surface area contributed by atoms with E-state index in [1.807, 2.05) is 42.1 Å². The van der Waals surface area contributed by atoms with E-state index in [9.17, 15) is 9.59 Å².